The van der Waals surface area contributed by atoms with E-state index in [2.05, 4.69) is 11.4 Å². The third kappa shape index (κ3) is 5.75. The number of thiophene rings is 1. The summed E-state index contributed by atoms with van der Waals surface area (Å²) in [6, 6.07) is 9.80. The van der Waals surface area contributed by atoms with Crippen LogP contribution in [0.25, 0.3) is 0 Å². The number of hydrogen-bond donors (Lipinski definition) is 0. The average molecular weight is 473 g/mol. The third-order valence-corrected chi connectivity index (χ3v) is 7.30. The number of methoxy groups -OCH3 is 1. The van der Waals surface area contributed by atoms with E-state index in [-0.39, 0.29) is 37.1 Å². The van der Waals surface area contributed by atoms with Gasteiger partial charge >= 0.3 is 0 Å². The largest absolute Gasteiger partial charge is 0.491 e. The van der Waals surface area contributed by atoms with Crippen molar-refractivity contribution in [2.45, 2.75) is 38.3 Å². The zero-order valence-electron chi connectivity index (χ0n) is 19.3. The number of aryl methyl sites for hydroxylation is 1. The van der Waals surface area contributed by atoms with Crippen molar-refractivity contribution >= 4 is 23.2 Å². The van der Waals surface area contributed by atoms with E-state index in [0.29, 0.717) is 26.3 Å². The Bertz CT molecular complexity index is 956. The van der Waals surface area contributed by atoms with Crippen molar-refractivity contribution in [3.05, 3.63) is 51.7 Å². The molecule has 178 valence electrons. The summed E-state index contributed by atoms with van der Waals surface area (Å²) >= 11 is 1.72. The Labute approximate surface area is 199 Å². The number of rotatable bonds is 9. The fourth-order valence-electron chi connectivity index (χ4n) is 4.52. The summed E-state index contributed by atoms with van der Waals surface area (Å²) in [4.78, 5) is 31.0. The number of benzene rings is 1. The molecule has 0 spiro atoms. The summed E-state index contributed by atoms with van der Waals surface area (Å²) in [5, 5.41) is 2.07. The van der Waals surface area contributed by atoms with Gasteiger partial charge in [-0.25, -0.2) is 0 Å². The molecule has 7 nitrogen and oxygen atoms in total. The highest BCUT2D eigenvalue weighted by Gasteiger charge is 2.34. The molecule has 2 aliphatic heterocycles. The lowest BCUT2D eigenvalue weighted by molar-refractivity contribution is -0.145. The van der Waals surface area contributed by atoms with Gasteiger partial charge < -0.3 is 24.0 Å². The van der Waals surface area contributed by atoms with E-state index in [1.807, 2.05) is 36.1 Å². The van der Waals surface area contributed by atoms with Crippen LogP contribution in [-0.2, 0) is 25.5 Å². The quantitative estimate of drug-likeness (QED) is 0.561. The summed E-state index contributed by atoms with van der Waals surface area (Å²) in [5.74, 6) is 0.553. The molecule has 3 heterocycles. The molecular weight excluding hydrogens is 440 g/mol. The maximum Gasteiger partial charge on any atom is 0.249 e. The van der Waals surface area contributed by atoms with E-state index < -0.39 is 0 Å². The van der Waals surface area contributed by atoms with E-state index >= 15 is 0 Å². The number of ether oxygens (including phenoxy) is 3. The van der Waals surface area contributed by atoms with Gasteiger partial charge in [-0.05, 0) is 54.8 Å². The fourth-order valence-corrected chi connectivity index (χ4v) is 5.45. The van der Waals surface area contributed by atoms with E-state index in [4.69, 9.17) is 14.2 Å². The minimum absolute atomic E-state index is 0.0163. The van der Waals surface area contributed by atoms with Gasteiger partial charge in [-0.1, -0.05) is 18.2 Å². The molecule has 1 aromatic carbocycles. The molecule has 1 saturated heterocycles. The SMILES string of the molecule is COCC(=O)N(CC(=O)N1CCc2sccc2C1COc1ccccc1C)CC1CCCO1. The maximum atomic E-state index is 13.5. The molecule has 1 aromatic heterocycles. The van der Waals surface area contributed by atoms with Crippen LogP contribution < -0.4 is 4.74 Å². The number of para-hydroxylation sites is 1. The van der Waals surface area contributed by atoms with Crippen LogP contribution in [0.1, 0.15) is 34.9 Å². The highest BCUT2D eigenvalue weighted by atomic mass is 32.1. The van der Waals surface area contributed by atoms with Crippen LogP contribution in [0.5, 0.6) is 5.75 Å². The van der Waals surface area contributed by atoms with Crippen LogP contribution in [0.2, 0.25) is 0 Å². The molecule has 1 fully saturated rings. The first-order chi connectivity index (χ1) is 16.1. The second-order valence-corrected chi connectivity index (χ2v) is 9.57. The summed E-state index contributed by atoms with van der Waals surface area (Å²) in [6.45, 7) is 4.08. The standard InChI is InChI=1S/C25H32N2O5S/c1-18-6-3-4-8-22(18)32-16-21-20-10-13-33-23(20)9-11-27(21)24(28)15-26(25(29)17-30-2)14-19-7-5-12-31-19/h3-4,6,8,10,13,19,21H,5,7,9,11-12,14-17H2,1-2H3. The first-order valence-electron chi connectivity index (χ1n) is 11.5. The number of carbonyl (C=O) groups excluding carboxylic acids is 2. The summed E-state index contributed by atoms with van der Waals surface area (Å²) in [7, 11) is 1.49. The number of hydrogen-bond acceptors (Lipinski definition) is 6. The van der Waals surface area contributed by atoms with Gasteiger partial charge in [-0.15, -0.1) is 11.3 Å². The normalized spacial score (nSPS) is 19.9. The first-order valence-corrected chi connectivity index (χ1v) is 12.4. The summed E-state index contributed by atoms with van der Waals surface area (Å²) in [6.07, 6.45) is 2.68. The van der Waals surface area contributed by atoms with Crippen molar-refractivity contribution in [2.75, 3.05) is 46.6 Å². The molecule has 0 N–H and O–H groups in total. The molecule has 0 aliphatic carbocycles. The molecule has 0 radical (unpaired) electrons. The second-order valence-electron chi connectivity index (χ2n) is 8.57. The fraction of sp³-hybridized carbons (Fsp3) is 0.520. The van der Waals surface area contributed by atoms with E-state index in [1.54, 1.807) is 16.2 Å². The predicted octanol–water partition coefficient (Wildman–Crippen LogP) is 3.22. The van der Waals surface area contributed by atoms with Crippen LogP contribution in [0.4, 0.5) is 0 Å². The zero-order chi connectivity index (χ0) is 23.2. The molecule has 2 atom stereocenters. The van der Waals surface area contributed by atoms with Crippen LogP contribution in [0, 0.1) is 6.92 Å². The van der Waals surface area contributed by atoms with Gasteiger partial charge in [0, 0.05) is 31.7 Å². The smallest absolute Gasteiger partial charge is 0.249 e. The first kappa shape index (κ1) is 23.7. The Morgan fingerprint density at radius 3 is 2.88 bits per heavy atom. The van der Waals surface area contributed by atoms with Gasteiger partial charge in [0.25, 0.3) is 0 Å². The van der Waals surface area contributed by atoms with Crippen molar-refractivity contribution in [1.82, 2.24) is 9.80 Å². The predicted molar refractivity (Wildman–Crippen MR) is 127 cm³/mol. The van der Waals surface area contributed by atoms with E-state index in [9.17, 15) is 9.59 Å². The lowest BCUT2D eigenvalue weighted by Gasteiger charge is -2.37. The number of carbonyl (C=O) groups is 2. The molecule has 0 saturated carbocycles. The van der Waals surface area contributed by atoms with Crippen LogP contribution in [0.3, 0.4) is 0 Å². The Hall–Kier alpha value is -2.42. The lowest BCUT2D eigenvalue weighted by Crippen LogP contribution is -2.49. The maximum absolute atomic E-state index is 13.5. The molecule has 2 aromatic rings. The van der Waals surface area contributed by atoms with Gasteiger partial charge in [0.1, 0.15) is 19.0 Å². The Balaban J connectivity index is 1.49. The van der Waals surface area contributed by atoms with Gasteiger partial charge in [0.2, 0.25) is 11.8 Å². The highest BCUT2D eigenvalue weighted by Crippen LogP contribution is 2.34. The molecule has 0 bridgehead atoms. The van der Waals surface area contributed by atoms with Crippen molar-refractivity contribution in [2.24, 2.45) is 0 Å². The third-order valence-electron chi connectivity index (χ3n) is 6.30. The van der Waals surface area contributed by atoms with Crippen molar-refractivity contribution in [1.29, 1.82) is 0 Å². The van der Waals surface area contributed by atoms with Crippen LogP contribution in [-0.4, -0.2) is 74.3 Å². The van der Waals surface area contributed by atoms with Crippen LogP contribution >= 0.6 is 11.3 Å². The lowest BCUT2D eigenvalue weighted by atomic mass is 10.00. The summed E-state index contributed by atoms with van der Waals surface area (Å²) < 4.78 is 16.9. The number of amides is 2. The van der Waals surface area contributed by atoms with Crippen molar-refractivity contribution in [3.8, 4) is 5.75 Å². The zero-order valence-corrected chi connectivity index (χ0v) is 20.1. The Morgan fingerprint density at radius 1 is 1.27 bits per heavy atom. The van der Waals surface area contributed by atoms with E-state index in [1.165, 1.54) is 12.0 Å². The van der Waals surface area contributed by atoms with Gasteiger partial charge in [-0.3, -0.25) is 9.59 Å². The van der Waals surface area contributed by atoms with Gasteiger partial charge in [-0.2, -0.15) is 0 Å². The monoisotopic (exact) mass is 472 g/mol. The minimum Gasteiger partial charge on any atom is -0.491 e. The average Bonchev–Trinajstić information content (AvgIpc) is 3.50. The van der Waals surface area contributed by atoms with Crippen molar-refractivity contribution in [3.63, 3.8) is 0 Å². The summed E-state index contributed by atoms with van der Waals surface area (Å²) in [5.41, 5.74) is 2.20. The molecule has 4 rings (SSSR count). The molecule has 8 heteroatoms. The minimum atomic E-state index is -0.192. The van der Waals surface area contributed by atoms with Gasteiger partial charge in [0.15, 0.2) is 0 Å². The molecular formula is C25H32N2O5S. The Kier molecular flexibility index (Phi) is 8.01. The highest BCUT2D eigenvalue weighted by molar-refractivity contribution is 7.10. The van der Waals surface area contributed by atoms with Crippen LogP contribution in [0.15, 0.2) is 35.7 Å². The molecule has 2 unspecified atom stereocenters. The van der Waals surface area contributed by atoms with E-state index in [0.717, 1.165) is 36.1 Å². The number of nitrogens with zero attached hydrogens (tertiary/aromatic N) is 2. The van der Waals surface area contributed by atoms with Crippen molar-refractivity contribution < 1.29 is 23.8 Å². The molecule has 2 aliphatic rings. The number of fused-ring (bicyclic) bond motifs is 1. The second kappa shape index (κ2) is 11.1. The Morgan fingerprint density at radius 2 is 2.12 bits per heavy atom. The molecule has 2 amide bonds. The van der Waals surface area contributed by atoms with Gasteiger partial charge in [0.05, 0.1) is 18.7 Å². The molecule has 33 heavy (non-hydrogen) atoms. The topological polar surface area (TPSA) is 68.3 Å².